The van der Waals surface area contributed by atoms with Gasteiger partial charge < -0.3 is 14.8 Å². The number of nitrogens with two attached hydrogens (primary N) is 1. The van der Waals surface area contributed by atoms with Crippen LogP contribution in [0.25, 0.3) is 11.0 Å². The van der Waals surface area contributed by atoms with Crippen molar-refractivity contribution in [1.29, 1.82) is 0 Å². The second-order valence-electron chi connectivity index (χ2n) is 3.98. The molecule has 2 heterocycles. The number of fused-ring (bicyclic) bond motifs is 1. The van der Waals surface area contributed by atoms with Crippen molar-refractivity contribution < 1.29 is 4.52 Å². The molecule has 86 valence electrons. The number of aromatic nitrogens is 3. The molecule has 5 heteroatoms. The molecule has 0 bridgehead atoms. The standard InChI is InChI=1S/C12H12N4O/c1-8-3-2-4-10-11(8)16(12(13)15-10)7-9-5-6-14-17-9/h2-6H,7H2,1H3,(H2,13,15). The van der Waals surface area contributed by atoms with Gasteiger partial charge in [0.2, 0.25) is 5.95 Å². The van der Waals surface area contributed by atoms with Crippen molar-refractivity contribution in [1.82, 2.24) is 14.7 Å². The van der Waals surface area contributed by atoms with E-state index in [9.17, 15) is 0 Å². The van der Waals surface area contributed by atoms with Gasteiger partial charge in [-0.25, -0.2) is 4.98 Å². The van der Waals surface area contributed by atoms with Crippen molar-refractivity contribution in [3.05, 3.63) is 41.8 Å². The van der Waals surface area contributed by atoms with Crippen LogP contribution in [0.2, 0.25) is 0 Å². The summed E-state index contributed by atoms with van der Waals surface area (Å²) in [5.74, 6) is 1.25. The lowest BCUT2D eigenvalue weighted by Crippen LogP contribution is -2.04. The van der Waals surface area contributed by atoms with Crippen molar-refractivity contribution >= 4 is 17.0 Å². The second kappa shape index (κ2) is 3.62. The van der Waals surface area contributed by atoms with Crippen LogP contribution in [0.3, 0.4) is 0 Å². The fraction of sp³-hybridized carbons (Fsp3) is 0.167. The van der Waals surface area contributed by atoms with Gasteiger partial charge in [0, 0.05) is 6.07 Å². The van der Waals surface area contributed by atoms with Gasteiger partial charge in [-0.2, -0.15) is 0 Å². The molecule has 2 N–H and O–H groups in total. The molecule has 1 aromatic carbocycles. The summed E-state index contributed by atoms with van der Waals surface area (Å²) in [4.78, 5) is 4.33. The van der Waals surface area contributed by atoms with Gasteiger partial charge in [-0.1, -0.05) is 17.3 Å². The Hall–Kier alpha value is -2.30. The summed E-state index contributed by atoms with van der Waals surface area (Å²) >= 11 is 0. The van der Waals surface area contributed by atoms with E-state index in [1.165, 1.54) is 0 Å². The molecule has 3 rings (SSSR count). The topological polar surface area (TPSA) is 69.9 Å². The van der Waals surface area contributed by atoms with Gasteiger partial charge in [0.25, 0.3) is 0 Å². The summed E-state index contributed by atoms with van der Waals surface area (Å²) in [7, 11) is 0. The first kappa shape index (κ1) is 9.89. The molecule has 0 unspecified atom stereocenters. The summed E-state index contributed by atoms with van der Waals surface area (Å²) in [6.45, 7) is 2.59. The first-order chi connectivity index (χ1) is 8.25. The highest BCUT2D eigenvalue weighted by Gasteiger charge is 2.11. The van der Waals surface area contributed by atoms with Crippen molar-refractivity contribution in [3.63, 3.8) is 0 Å². The molecule has 0 aliphatic heterocycles. The summed E-state index contributed by atoms with van der Waals surface area (Å²) < 4.78 is 7.03. The summed E-state index contributed by atoms with van der Waals surface area (Å²) in [5.41, 5.74) is 9.02. The van der Waals surface area contributed by atoms with Crippen LogP contribution in [0.4, 0.5) is 5.95 Å². The van der Waals surface area contributed by atoms with Crippen LogP contribution < -0.4 is 5.73 Å². The molecule has 0 aliphatic rings. The van der Waals surface area contributed by atoms with Crippen LogP contribution in [0.5, 0.6) is 0 Å². The van der Waals surface area contributed by atoms with Gasteiger partial charge in [-0.05, 0) is 18.6 Å². The number of anilines is 1. The number of hydrogen-bond acceptors (Lipinski definition) is 4. The number of rotatable bonds is 2. The number of hydrogen-bond donors (Lipinski definition) is 1. The monoisotopic (exact) mass is 228 g/mol. The van der Waals surface area contributed by atoms with Crippen LogP contribution in [-0.2, 0) is 6.54 Å². The highest BCUT2D eigenvalue weighted by atomic mass is 16.5. The molecule has 0 saturated heterocycles. The summed E-state index contributed by atoms with van der Waals surface area (Å²) in [6, 6.07) is 7.79. The van der Waals surface area contributed by atoms with Gasteiger partial charge in [-0.15, -0.1) is 0 Å². The molecule has 0 spiro atoms. The Bertz CT molecular complexity index is 655. The lowest BCUT2D eigenvalue weighted by molar-refractivity contribution is 0.378. The van der Waals surface area contributed by atoms with E-state index in [2.05, 4.69) is 10.1 Å². The van der Waals surface area contributed by atoms with Crippen LogP contribution in [-0.4, -0.2) is 14.7 Å². The SMILES string of the molecule is Cc1cccc2nc(N)n(Cc3ccno3)c12. The third kappa shape index (κ3) is 1.56. The molecule has 0 radical (unpaired) electrons. The average Bonchev–Trinajstić information content (AvgIpc) is 2.89. The van der Waals surface area contributed by atoms with Gasteiger partial charge in [0.1, 0.15) is 0 Å². The molecular formula is C12H12N4O. The fourth-order valence-electron chi connectivity index (χ4n) is 2.02. The zero-order valence-corrected chi connectivity index (χ0v) is 9.42. The highest BCUT2D eigenvalue weighted by molar-refractivity contribution is 5.81. The van der Waals surface area contributed by atoms with Crippen LogP contribution >= 0.6 is 0 Å². The summed E-state index contributed by atoms with van der Waals surface area (Å²) in [5, 5.41) is 3.69. The molecule has 0 fully saturated rings. The minimum Gasteiger partial charge on any atom is -0.369 e. The number of para-hydroxylation sites is 1. The molecule has 0 atom stereocenters. The Balaban J connectivity index is 2.18. The second-order valence-corrected chi connectivity index (χ2v) is 3.98. The average molecular weight is 228 g/mol. The molecular weight excluding hydrogens is 216 g/mol. The van der Waals surface area contributed by atoms with E-state index >= 15 is 0 Å². The maximum atomic E-state index is 5.93. The van der Waals surface area contributed by atoms with Crippen LogP contribution in [0.1, 0.15) is 11.3 Å². The molecule has 17 heavy (non-hydrogen) atoms. The first-order valence-electron chi connectivity index (χ1n) is 5.36. The number of nitrogen functional groups attached to an aromatic ring is 1. The lowest BCUT2D eigenvalue weighted by Gasteiger charge is -2.05. The van der Waals surface area contributed by atoms with Gasteiger partial charge in [0.15, 0.2) is 5.76 Å². The van der Waals surface area contributed by atoms with E-state index in [4.69, 9.17) is 10.3 Å². The zero-order chi connectivity index (χ0) is 11.8. The van der Waals surface area contributed by atoms with E-state index in [-0.39, 0.29) is 0 Å². The van der Waals surface area contributed by atoms with Gasteiger partial charge >= 0.3 is 0 Å². The molecule has 3 aromatic rings. The minimum atomic E-state index is 0.491. The van der Waals surface area contributed by atoms with Crippen molar-refractivity contribution in [2.24, 2.45) is 0 Å². The Morgan fingerprint density at radius 3 is 3.00 bits per heavy atom. The van der Waals surface area contributed by atoms with E-state index in [1.807, 2.05) is 35.8 Å². The largest absolute Gasteiger partial charge is 0.369 e. The van der Waals surface area contributed by atoms with Crippen LogP contribution in [0.15, 0.2) is 35.0 Å². The van der Waals surface area contributed by atoms with E-state index in [1.54, 1.807) is 6.20 Å². The Morgan fingerprint density at radius 1 is 1.35 bits per heavy atom. The van der Waals surface area contributed by atoms with E-state index < -0.39 is 0 Å². The third-order valence-electron chi connectivity index (χ3n) is 2.80. The zero-order valence-electron chi connectivity index (χ0n) is 9.42. The number of aryl methyl sites for hydroxylation is 1. The maximum Gasteiger partial charge on any atom is 0.201 e. The first-order valence-corrected chi connectivity index (χ1v) is 5.36. The predicted molar refractivity (Wildman–Crippen MR) is 64.5 cm³/mol. The smallest absolute Gasteiger partial charge is 0.201 e. The van der Waals surface area contributed by atoms with Gasteiger partial charge in [-0.3, -0.25) is 0 Å². The molecule has 5 nitrogen and oxygen atoms in total. The Labute approximate surface area is 97.8 Å². The van der Waals surface area contributed by atoms with E-state index in [0.717, 1.165) is 22.4 Å². The maximum absolute atomic E-state index is 5.93. The van der Waals surface area contributed by atoms with Crippen LogP contribution in [0, 0.1) is 6.92 Å². The third-order valence-corrected chi connectivity index (χ3v) is 2.80. The summed E-state index contributed by atoms with van der Waals surface area (Å²) in [6.07, 6.45) is 1.62. The highest BCUT2D eigenvalue weighted by Crippen LogP contribution is 2.22. The predicted octanol–water partition coefficient (Wildman–Crippen LogP) is 1.96. The lowest BCUT2D eigenvalue weighted by atomic mass is 10.2. The fourth-order valence-corrected chi connectivity index (χ4v) is 2.02. The molecule has 0 amide bonds. The van der Waals surface area contributed by atoms with Crippen molar-refractivity contribution in [3.8, 4) is 0 Å². The van der Waals surface area contributed by atoms with Crippen molar-refractivity contribution in [2.75, 3.05) is 5.73 Å². The van der Waals surface area contributed by atoms with Gasteiger partial charge in [0.05, 0.1) is 23.8 Å². The quantitative estimate of drug-likeness (QED) is 0.728. The minimum absolute atomic E-state index is 0.491. The Morgan fingerprint density at radius 2 is 2.24 bits per heavy atom. The number of nitrogens with zero attached hydrogens (tertiary/aromatic N) is 3. The molecule has 2 aromatic heterocycles. The Kier molecular flexibility index (Phi) is 2.11. The van der Waals surface area contributed by atoms with E-state index in [0.29, 0.717) is 12.5 Å². The molecule has 0 saturated carbocycles. The van der Waals surface area contributed by atoms with Crippen molar-refractivity contribution in [2.45, 2.75) is 13.5 Å². The number of imidazole rings is 1. The number of benzene rings is 1. The molecule has 0 aliphatic carbocycles. The normalized spacial score (nSPS) is 11.1.